The molecule has 1 heterocycles. The maximum atomic E-state index is 11.6. The summed E-state index contributed by atoms with van der Waals surface area (Å²) in [5.41, 5.74) is 0.675. The highest BCUT2D eigenvalue weighted by Crippen LogP contribution is 2.13. The van der Waals surface area contributed by atoms with Crippen molar-refractivity contribution in [3.63, 3.8) is 0 Å². The Balaban J connectivity index is 2.82. The summed E-state index contributed by atoms with van der Waals surface area (Å²) >= 11 is 0. The number of hydrogen-bond donors (Lipinski definition) is 2. The minimum atomic E-state index is -3.88. The molecule has 0 spiro atoms. The summed E-state index contributed by atoms with van der Waals surface area (Å²) in [7, 11) is -3.88. The fraction of sp³-hybridized carbons (Fsp3) is 0.400. The zero-order chi connectivity index (χ0) is 13.1. The van der Waals surface area contributed by atoms with Crippen LogP contribution in [0.1, 0.15) is 25.5 Å². The molecule has 0 saturated carbocycles. The van der Waals surface area contributed by atoms with Crippen LogP contribution >= 0.6 is 0 Å². The first-order chi connectivity index (χ1) is 7.84. The molecule has 1 aromatic heterocycles. The predicted molar refractivity (Wildman–Crippen MR) is 61.8 cm³/mol. The van der Waals surface area contributed by atoms with Crippen molar-refractivity contribution in [1.29, 1.82) is 0 Å². The number of aliphatic carboxylic acids is 1. The van der Waals surface area contributed by atoms with Crippen LogP contribution < -0.4 is 4.72 Å². The molecular weight excluding hydrogens is 244 g/mol. The molecule has 7 heteroatoms. The normalized spacial score (nSPS) is 15.2. The SMILES string of the molecule is CC(NS(=O)(=O)C(C)C(=O)O)c1cccnc1. The molecule has 6 nitrogen and oxygen atoms in total. The minimum absolute atomic E-state index is 0.518. The van der Waals surface area contributed by atoms with Crippen LogP contribution in [0.3, 0.4) is 0 Å². The van der Waals surface area contributed by atoms with Crippen molar-refractivity contribution >= 4 is 16.0 Å². The molecule has 2 unspecified atom stereocenters. The van der Waals surface area contributed by atoms with Gasteiger partial charge in [-0.25, -0.2) is 13.1 Å². The molecule has 0 saturated heterocycles. The van der Waals surface area contributed by atoms with E-state index in [0.717, 1.165) is 6.92 Å². The van der Waals surface area contributed by atoms with E-state index in [0.29, 0.717) is 5.56 Å². The number of nitrogens with zero attached hydrogens (tertiary/aromatic N) is 1. The van der Waals surface area contributed by atoms with Crippen molar-refractivity contribution in [2.45, 2.75) is 25.1 Å². The smallest absolute Gasteiger partial charge is 0.323 e. The number of carboxylic acids is 1. The number of hydrogen-bond acceptors (Lipinski definition) is 4. The molecular formula is C10H14N2O4S. The molecule has 0 amide bonds. The lowest BCUT2D eigenvalue weighted by molar-refractivity contribution is -0.136. The molecule has 2 N–H and O–H groups in total. The Morgan fingerprint density at radius 3 is 2.59 bits per heavy atom. The third kappa shape index (κ3) is 3.50. The van der Waals surface area contributed by atoms with Gasteiger partial charge >= 0.3 is 5.97 Å². The molecule has 1 aromatic rings. The van der Waals surface area contributed by atoms with Crippen molar-refractivity contribution in [2.75, 3.05) is 0 Å². The summed E-state index contributed by atoms with van der Waals surface area (Å²) in [5, 5.41) is 7.18. The fourth-order valence-corrected chi connectivity index (χ4v) is 2.28. The van der Waals surface area contributed by atoms with E-state index in [1.165, 1.54) is 6.20 Å². The molecule has 0 aromatic carbocycles. The van der Waals surface area contributed by atoms with Crippen molar-refractivity contribution in [3.05, 3.63) is 30.1 Å². The largest absolute Gasteiger partial charge is 0.480 e. The van der Waals surface area contributed by atoms with Crippen molar-refractivity contribution in [3.8, 4) is 0 Å². The molecule has 2 atom stereocenters. The molecule has 0 aliphatic carbocycles. The number of nitrogens with one attached hydrogen (secondary N) is 1. The number of aromatic nitrogens is 1. The summed E-state index contributed by atoms with van der Waals surface area (Å²) < 4.78 is 25.6. The molecule has 1 rings (SSSR count). The van der Waals surface area contributed by atoms with E-state index in [4.69, 9.17) is 5.11 Å². The van der Waals surface area contributed by atoms with Gasteiger partial charge in [0.1, 0.15) is 0 Å². The van der Waals surface area contributed by atoms with Gasteiger partial charge in [-0.15, -0.1) is 0 Å². The molecule has 0 aliphatic heterocycles. The average Bonchev–Trinajstić information content (AvgIpc) is 2.28. The van der Waals surface area contributed by atoms with E-state index in [1.807, 2.05) is 0 Å². The number of sulfonamides is 1. The molecule has 0 radical (unpaired) electrons. The van der Waals surface area contributed by atoms with Crippen LogP contribution in [0.4, 0.5) is 0 Å². The predicted octanol–water partition coefficient (Wildman–Crippen LogP) is 0.535. The van der Waals surface area contributed by atoms with Crippen LogP contribution in [0, 0.1) is 0 Å². The van der Waals surface area contributed by atoms with E-state index in [9.17, 15) is 13.2 Å². The molecule has 0 fully saturated rings. The third-order valence-corrected chi connectivity index (χ3v) is 4.15. The lowest BCUT2D eigenvalue weighted by Gasteiger charge is -2.16. The van der Waals surface area contributed by atoms with Crippen LogP contribution in [0.25, 0.3) is 0 Å². The quantitative estimate of drug-likeness (QED) is 0.803. The zero-order valence-electron chi connectivity index (χ0n) is 9.49. The van der Waals surface area contributed by atoms with Gasteiger partial charge in [0.05, 0.1) is 0 Å². The molecule has 94 valence electrons. The molecule has 0 bridgehead atoms. The Kier molecular flexibility index (Phi) is 4.19. The van der Waals surface area contributed by atoms with E-state index in [2.05, 4.69) is 9.71 Å². The van der Waals surface area contributed by atoms with Gasteiger partial charge in [0.2, 0.25) is 10.0 Å². The van der Waals surface area contributed by atoms with Gasteiger partial charge in [0.15, 0.2) is 5.25 Å². The Morgan fingerprint density at radius 2 is 2.12 bits per heavy atom. The summed E-state index contributed by atoms with van der Waals surface area (Å²) in [6, 6.07) is 2.88. The lowest BCUT2D eigenvalue weighted by atomic mass is 10.2. The Morgan fingerprint density at radius 1 is 1.47 bits per heavy atom. The van der Waals surface area contributed by atoms with Gasteiger partial charge in [-0.3, -0.25) is 9.78 Å². The first-order valence-electron chi connectivity index (χ1n) is 4.98. The van der Waals surface area contributed by atoms with Crippen LogP contribution in [-0.4, -0.2) is 29.7 Å². The minimum Gasteiger partial charge on any atom is -0.480 e. The molecule has 17 heavy (non-hydrogen) atoms. The number of carbonyl (C=O) groups is 1. The highest BCUT2D eigenvalue weighted by Gasteiger charge is 2.29. The van der Waals surface area contributed by atoms with Gasteiger partial charge in [-0.1, -0.05) is 6.07 Å². The van der Waals surface area contributed by atoms with Crippen LogP contribution in [-0.2, 0) is 14.8 Å². The lowest BCUT2D eigenvalue weighted by Crippen LogP contribution is -2.38. The Labute approximate surface area is 99.7 Å². The van der Waals surface area contributed by atoms with Gasteiger partial charge in [-0.2, -0.15) is 0 Å². The second-order valence-electron chi connectivity index (χ2n) is 3.65. The van der Waals surface area contributed by atoms with E-state index in [-0.39, 0.29) is 0 Å². The van der Waals surface area contributed by atoms with Gasteiger partial charge in [0.25, 0.3) is 0 Å². The highest BCUT2D eigenvalue weighted by atomic mass is 32.2. The first kappa shape index (κ1) is 13.6. The Bertz CT molecular complexity index is 486. The van der Waals surface area contributed by atoms with Crippen molar-refractivity contribution < 1.29 is 18.3 Å². The number of pyridine rings is 1. The van der Waals surface area contributed by atoms with E-state index in [1.54, 1.807) is 25.3 Å². The standard InChI is InChI=1S/C10H14N2O4S/c1-7(9-4-3-5-11-6-9)12-17(15,16)8(2)10(13)14/h3-8,12H,1-2H3,(H,13,14). The number of rotatable bonds is 5. The summed E-state index contributed by atoms with van der Waals surface area (Å²) in [6.45, 7) is 2.75. The summed E-state index contributed by atoms with van der Waals surface area (Å²) in [5.74, 6) is -1.38. The van der Waals surface area contributed by atoms with E-state index >= 15 is 0 Å². The zero-order valence-corrected chi connectivity index (χ0v) is 10.3. The maximum absolute atomic E-state index is 11.6. The van der Waals surface area contributed by atoms with Crippen molar-refractivity contribution in [2.24, 2.45) is 0 Å². The van der Waals surface area contributed by atoms with Crippen LogP contribution in [0.5, 0.6) is 0 Å². The maximum Gasteiger partial charge on any atom is 0.323 e. The van der Waals surface area contributed by atoms with Gasteiger partial charge in [0, 0.05) is 18.4 Å². The number of carboxylic acid groups (broad SMARTS) is 1. The van der Waals surface area contributed by atoms with Gasteiger partial charge in [-0.05, 0) is 25.5 Å². The monoisotopic (exact) mass is 258 g/mol. The van der Waals surface area contributed by atoms with Crippen molar-refractivity contribution in [1.82, 2.24) is 9.71 Å². The second-order valence-corrected chi connectivity index (χ2v) is 5.68. The van der Waals surface area contributed by atoms with E-state index < -0.39 is 27.3 Å². The summed E-state index contributed by atoms with van der Waals surface area (Å²) in [4.78, 5) is 14.5. The third-order valence-electron chi connectivity index (χ3n) is 2.34. The first-order valence-corrected chi connectivity index (χ1v) is 6.53. The molecule has 0 aliphatic rings. The Hall–Kier alpha value is -1.47. The topological polar surface area (TPSA) is 96.4 Å². The highest BCUT2D eigenvalue weighted by molar-refractivity contribution is 7.90. The second kappa shape index (κ2) is 5.24. The van der Waals surface area contributed by atoms with Crippen LogP contribution in [0.2, 0.25) is 0 Å². The summed E-state index contributed by atoms with van der Waals surface area (Å²) in [6.07, 6.45) is 3.10. The van der Waals surface area contributed by atoms with Crippen LogP contribution in [0.15, 0.2) is 24.5 Å². The average molecular weight is 258 g/mol. The van der Waals surface area contributed by atoms with Gasteiger partial charge < -0.3 is 5.11 Å². The fourth-order valence-electron chi connectivity index (χ4n) is 1.18.